The molecule has 23 heavy (non-hydrogen) atoms. The van der Waals surface area contributed by atoms with Crippen LogP contribution in [0.25, 0.3) is 0 Å². The molecule has 1 aromatic rings. The molecule has 0 aliphatic rings. The highest BCUT2D eigenvalue weighted by Crippen LogP contribution is 2.21. The minimum atomic E-state index is -0.990. The molecule has 4 N–H and O–H groups in total. The number of carbonyl (C=O) groups is 3. The van der Waals surface area contributed by atoms with Crippen molar-refractivity contribution in [3.8, 4) is 0 Å². The number of anilines is 1. The van der Waals surface area contributed by atoms with Crippen molar-refractivity contribution in [2.45, 2.75) is 33.7 Å². The third-order valence-corrected chi connectivity index (χ3v) is 3.53. The summed E-state index contributed by atoms with van der Waals surface area (Å²) in [5.41, 5.74) is 6.74. The zero-order valence-electron chi connectivity index (χ0n) is 13.8. The number of hydrogen-bond donors (Lipinski definition) is 3. The molecule has 1 rings (SSSR count). The van der Waals surface area contributed by atoms with Crippen molar-refractivity contribution < 1.29 is 19.1 Å². The Morgan fingerprint density at radius 1 is 1.22 bits per heavy atom. The standard InChI is InChI=1S/C16H23N3O4/c1-9(2)11(4)18-13-7-5-6-12(10(13)3)15(21)23-8-14(20)19-16(17)22/h5-7,9,11,18H,8H2,1-4H3,(H3,17,19,20,22)/t11-/m1/s1. The normalized spacial score (nSPS) is 11.7. The summed E-state index contributed by atoms with van der Waals surface area (Å²) in [7, 11) is 0. The fourth-order valence-electron chi connectivity index (χ4n) is 1.81. The second-order valence-corrected chi connectivity index (χ2v) is 5.64. The number of amides is 3. The minimum absolute atomic E-state index is 0.237. The summed E-state index contributed by atoms with van der Waals surface area (Å²) < 4.78 is 4.89. The summed E-state index contributed by atoms with van der Waals surface area (Å²) in [4.78, 5) is 33.9. The van der Waals surface area contributed by atoms with Gasteiger partial charge in [-0.15, -0.1) is 0 Å². The molecule has 0 radical (unpaired) electrons. The molecule has 126 valence electrons. The number of primary amides is 1. The topological polar surface area (TPSA) is 111 Å². The molecule has 7 nitrogen and oxygen atoms in total. The Balaban J connectivity index is 2.78. The second kappa shape index (κ2) is 8.17. The molecule has 7 heteroatoms. The number of urea groups is 1. The summed E-state index contributed by atoms with van der Waals surface area (Å²) in [6, 6.07) is 4.49. The van der Waals surface area contributed by atoms with Gasteiger partial charge in [-0.1, -0.05) is 19.9 Å². The van der Waals surface area contributed by atoms with Crippen LogP contribution in [-0.2, 0) is 9.53 Å². The van der Waals surface area contributed by atoms with Gasteiger partial charge in [0.1, 0.15) is 0 Å². The van der Waals surface area contributed by atoms with E-state index >= 15 is 0 Å². The van der Waals surface area contributed by atoms with Crippen molar-refractivity contribution >= 4 is 23.6 Å². The van der Waals surface area contributed by atoms with Gasteiger partial charge >= 0.3 is 12.0 Å². The monoisotopic (exact) mass is 321 g/mol. The lowest BCUT2D eigenvalue weighted by Crippen LogP contribution is -2.37. The highest BCUT2D eigenvalue weighted by atomic mass is 16.5. The zero-order chi connectivity index (χ0) is 17.6. The SMILES string of the molecule is Cc1c(N[C@H](C)C(C)C)cccc1C(=O)OCC(=O)NC(N)=O. The maximum absolute atomic E-state index is 12.1. The number of ether oxygens (including phenoxy) is 1. The lowest BCUT2D eigenvalue weighted by molar-refractivity contribution is -0.123. The van der Waals surface area contributed by atoms with Crippen LogP contribution in [0.5, 0.6) is 0 Å². The van der Waals surface area contributed by atoms with Crippen LogP contribution in [-0.4, -0.2) is 30.6 Å². The van der Waals surface area contributed by atoms with Crippen molar-refractivity contribution in [3.63, 3.8) is 0 Å². The van der Waals surface area contributed by atoms with Gasteiger partial charge < -0.3 is 15.8 Å². The third kappa shape index (κ3) is 5.61. The lowest BCUT2D eigenvalue weighted by Gasteiger charge is -2.21. The predicted molar refractivity (Wildman–Crippen MR) is 87.1 cm³/mol. The largest absolute Gasteiger partial charge is 0.452 e. The molecule has 1 atom stereocenters. The Hall–Kier alpha value is -2.57. The van der Waals surface area contributed by atoms with E-state index in [2.05, 4.69) is 26.1 Å². The summed E-state index contributed by atoms with van der Waals surface area (Å²) in [5.74, 6) is -0.975. The number of carbonyl (C=O) groups excluding carboxylic acids is 3. The van der Waals surface area contributed by atoms with Crippen LogP contribution in [0.2, 0.25) is 0 Å². The number of imide groups is 1. The first-order valence-electron chi connectivity index (χ1n) is 7.35. The fourth-order valence-corrected chi connectivity index (χ4v) is 1.81. The van der Waals surface area contributed by atoms with E-state index < -0.39 is 24.5 Å². The number of esters is 1. The van der Waals surface area contributed by atoms with Gasteiger partial charge in [-0.3, -0.25) is 10.1 Å². The van der Waals surface area contributed by atoms with E-state index in [1.54, 1.807) is 19.1 Å². The van der Waals surface area contributed by atoms with Crippen LogP contribution in [0.3, 0.4) is 0 Å². The van der Waals surface area contributed by atoms with Crippen LogP contribution in [0.15, 0.2) is 18.2 Å². The average Bonchev–Trinajstić information content (AvgIpc) is 2.46. The first-order chi connectivity index (χ1) is 10.7. The van der Waals surface area contributed by atoms with Gasteiger partial charge in [0.2, 0.25) is 0 Å². The first kappa shape index (κ1) is 18.5. The molecule has 0 saturated carbocycles. The smallest absolute Gasteiger partial charge is 0.338 e. The Morgan fingerprint density at radius 3 is 2.43 bits per heavy atom. The van der Waals surface area contributed by atoms with Crippen LogP contribution in [0.4, 0.5) is 10.5 Å². The molecule has 0 bridgehead atoms. The Bertz CT molecular complexity index is 599. The molecule has 0 heterocycles. The number of hydrogen-bond acceptors (Lipinski definition) is 5. The molecule has 0 aliphatic heterocycles. The van der Waals surface area contributed by atoms with Crippen molar-refractivity contribution in [3.05, 3.63) is 29.3 Å². The maximum atomic E-state index is 12.1. The first-order valence-corrected chi connectivity index (χ1v) is 7.35. The predicted octanol–water partition coefficient (Wildman–Crippen LogP) is 1.80. The number of nitrogens with one attached hydrogen (secondary N) is 2. The minimum Gasteiger partial charge on any atom is -0.452 e. The lowest BCUT2D eigenvalue weighted by atomic mass is 10.0. The van der Waals surface area contributed by atoms with Gasteiger partial charge in [-0.25, -0.2) is 9.59 Å². The quantitative estimate of drug-likeness (QED) is 0.692. The fraction of sp³-hybridized carbons (Fsp3) is 0.438. The van der Waals surface area contributed by atoms with E-state index in [0.717, 1.165) is 11.3 Å². The zero-order valence-corrected chi connectivity index (χ0v) is 13.8. The Labute approximate surface area is 135 Å². The van der Waals surface area contributed by atoms with Gasteiger partial charge in [0.25, 0.3) is 5.91 Å². The van der Waals surface area contributed by atoms with E-state index in [4.69, 9.17) is 10.5 Å². The molecule has 0 fully saturated rings. The maximum Gasteiger partial charge on any atom is 0.338 e. The van der Waals surface area contributed by atoms with Crippen molar-refractivity contribution in [1.29, 1.82) is 0 Å². The van der Waals surface area contributed by atoms with Gasteiger partial charge in [0.05, 0.1) is 5.56 Å². The number of benzene rings is 1. The molecule has 0 spiro atoms. The molecule has 0 aromatic heterocycles. The van der Waals surface area contributed by atoms with E-state index in [1.165, 1.54) is 0 Å². The van der Waals surface area contributed by atoms with E-state index in [9.17, 15) is 14.4 Å². The van der Waals surface area contributed by atoms with E-state index in [0.29, 0.717) is 11.5 Å². The molecular weight excluding hydrogens is 298 g/mol. The van der Waals surface area contributed by atoms with Crippen LogP contribution >= 0.6 is 0 Å². The van der Waals surface area contributed by atoms with Crippen LogP contribution < -0.4 is 16.4 Å². The molecular formula is C16H23N3O4. The molecule has 1 aromatic carbocycles. The van der Waals surface area contributed by atoms with E-state index in [1.807, 2.05) is 11.4 Å². The highest BCUT2D eigenvalue weighted by molar-refractivity contribution is 5.97. The second-order valence-electron chi connectivity index (χ2n) is 5.64. The van der Waals surface area contributed by atoms with Gasteiger partial charge in [0.15, 0.2) is 6.61 Å². The molecule has 0 aliphatic carbocycles. The van der Waals surface area contributed by atoms with Gasteiger partial charge in [-0.05, 0) is 37.5 Å². The summed E-state index contributed by atoms with van der Waals surface area (Å²) in [5, 5.41) is 5.17. The Morgan fingerprint density at radius 2 is 1.87 bits per heavy atom. The molecule has 3 amide bonds. The highest BCUT2D eigenvalue weighted by Gasteiger charge is 2.16. The molecule has 0 saturated heterocycles. The third-order valence-electron chi connectivity index (χ3n) is 3.53. The van der Waals surface area contributed by atoms with Crippen molar-refractivity contribution in [2.24, 2.45) is 11.7 Å². The Kier molecular flexibility index (Phi) is 6.56. The van der Waals surface area contributed by atoms with Crippen molar-refractivity contribution in [2.75, 3.05) is 11.9 Å². The summed E-state index contributed by atoms with van der Waals surface area (Å²) in [6.45, 7) is 7.49. The van der Waals surface area contributed by atoms with Gasteiger partial charge in [0, 0.05) is 11.7 Å². The summed E-state index contributed by atoms with van der Waals surface area (Å²) in [6.07, 6.45) is 0. The van der Waals surface area contributed by atoms with E-state index in [-0.39, 0.29) is 6.04 Å². The summed E-state index contributed by atoms with van der Waals surface area (Å²) >= 11 is 0. The average molecular weight is 321 g/mol. The van der Waals surface area contributed by atoms with Crippen LogP contribution in [0, 0.1) is 12.8 Å². The number of rotatable bonds is 6. The molecule has 0 unspecified atom stereocenters. The van der Waals surface area contributed by atoms with Crippen LogP contribution in [0.1, 0.15) is 36.7 Å². The van der Waals surface area contributed by atoms with Crippen molar-refractivity contribution in [1.82, 2.24) is 5.32 Å². The number of nitrogens with two attached hydrogens (primary N) is 1. The van der Waals surface area contributed by atoms with Gasteiger partial charge in [-0.2, -0.15) is 0 Å².